The van der Waals surface area contributed by atoms with Gasteiger partial charge in [-0.1, -0.05) is 42.1 Å². The Morgan fingerprint density at radius 2 is 1.71 bits per heavy atom. The second-order valence-electron chi connectivity index (χ2n) is 4.67. The van der Waals surface area contributed by atoms with Crippen molar-refractivity contribution in [3.05, 3.63) is 53.9 Å². The highest BCUT2D eigenvalue weighted by molar-refractivity contribution is 7.99. The van der Waals surface area contributed by atoms with Crippen molar-refractivity contribution < 1.29 is 18.4 Å². The molecule has 0 spiro atoms. The molecular weight excluding hydrogens is 338 g/mol. The summed E-state index contributed by atoms with van der Waals surface area (Å²) in [6.07, 6.45) is -0.687. The first-order chi connectivity index (χ1) is 11.5. The highest BCUT2D eigenvalue weighted by Gasteiger charge is 2.16. The third-order valence-corrected chi connectivity index (χ3v) is 3.99. The lowest BCUT2D eigenvalue weighted by molar-refractivity contribution is -0.132. The number of hydrazine groups is 1. The molecule has 2 rings (SSSR count). The molecule has 1 atom stereocenters. The Bertz CT molecular complexity index is 698. The van der Waals surface area contributed by atoms with Crippen LogP contribution < -0.4 is 10.9 Å². The van der Waals surface area contributed by atoms with E-state index in [-0.39, 0.29) is 10.8 Å². The zero-order valence-corrected chi connectivity index (χ0v) is 13.4. The number of halogens is 2. The maximum atomic E-state index is 12.0. The predicted octanol–water partition coefficient (Wildman–Crippen LogP) is 2.36. The van der Waals surface area contributed by atoms with E-state index in [2.05, 4.69) is 9.97 Å². The number of benzene rings is 1. The van der Waals surface area contributed by atoms with Crippen molar-refractivity contribution in [1.29, 1.82) is 0 Å². The van der Waals surface area contributed by atoms with E-state index in [0.29, 0.717) is 5.16 Å². The molecule has 24 heavy (non-hydrogen) atoms. The molecule has 0 fully saturated rings. The van der Waals surface area contributed by atoms with Crippen molar-refractivity contribution in [1.82, 2.24) is 20.8 Å². The Morgan fingerprint density at radius 1 is 1.08 bits per heavy atom. The first kappa shape index (κ1) is 17.8. The van der Waals surface area contributed by atoms with Gasteiger partial charge in [0.2, 0.25) is 0 Å². The molecule has 9 heteroatoms. The Hall–Kier alpha value is -2.55. The number of aromatic nitrogens is 2. The summed E-state index contributed by atoms with van der Waals surface area (Å²) in [6, 6.07) is 9.79. The van der Waals surface area contributed by atoms with Gasteiger partial charge in [0.1, 0.15) is 0 Å². The van der Waals surface area contributed by atoms with Gasteiger partial charge in [0, 0.05) is 17.6 Å². The van der Waals surface area contributed by atoms with E-state index in [9.17, 15) is 18.4 Å². The lowest BCUT2D eigenvalue weighted by Crippen LogP contribution is -2.44. The maximum absolute atomic E-state index is 12.0. The zero-order valence-electron chi connectivity index (χ0n) is 12.6. The molecule has 0 aliphatic carbocycles. The molecule has 6 nitrogen and oxygen atoms in total. The Labute approximate surface area is 141 Å². The van der Waals surface area contributed by atoms with E-state index in [0.717, 1.165) is 5.56 Å². The number of hydrogen-bond donors (Lipinski definition) is 2. The van der Waals surface area contributed by atoms with Crippen LogP contribution >= 0.6 is 11.8 Å². The van der Waals surface area contributed by atoms with Crippen molar-refractivity contribution in [2.24, 2.45) is 0 Å². The van der Waals surface area contributed by atoms with Crippen LogP contribution in [0.15, 0.2) is 47.9 Å². The van der Waals surface area contributed by atoms with Crippen LogP contribution in [0.1, 0.15) is 28.1 Å². The first-order valence-electron chi connectivity index (χ1n) is 6.89. The lowest BCUT2D eigenvalue weighted by Gasteiger charge is -2.10. The molecule has 0 saturated carbocycles. The number of carbonyl (C=O) groups excluding carboxylic acids is 2. The van der Waals surface area contributed by atoms with E-state index < -0.39 is 18.2 Å². The highest BCUT2D eigenvalue weighted by atomic mass is 32.2. The Morgan fingerprint density at radius 3 is 2.29 bits per heavy atom. The van der Waals surface area contributed by atoms with Gasteiger partial charge in [0.05, 0.1) is 5.56 Å². The van der Waals surface area contributed by atoms with Crippen LogP contribution in [0.25, 0.3) is 0 Å². The average molecular weight is 352 g/mol. The Balaban J connectivity index is 1.93. The van der Waals surface area contributed by atoms with Crippen LogP contribution in [0.5, 0.6) is 0 Å². The normalized spacial score (nSPS) is 11.8. The quantitative estimate of drug-likeness (QED) is 0.490. The zero-order chi connectivity index (χ0) is 17.5. The summed E-state index contributed by atoms with van der Waals surface area (Å²) in [6.45, 7) is 2.00. The second kappa shape index (κ2) is 8.34. The van der Waals surface area contributed by atoms with Gasteiger partial charge in [-0.15, -0.1) is 0 Å². The fraction of sp³-hybridized carbons (Fsp3) is 0.200. The average Bonchev–Trinajstić information content (AvgIpc) is 2.60. The number of alkyl halides is 2. The number of rotatable bonds is 5. The minimum atomic E-state index is -3.21. The molecule has 126 valence electrons. The molecular formula is C15H14F2N4O2S. The van der Waals surface area contributed by atoms with E-state index >= 15 is 0 Å². The van der Waals surface area contributed by atoms with E-state index in [1.54, 1.807) is 5.43 Å². The van der Waals surface area contributed by atoms with Gasteiger partial charge in [0.25, 0.3) is 5.91 Å². The standard InChI is InChI=1S/C15H14F2N4O2S/c1-9(10-5-3-2-4-6-10)24-15-18-7-11(8-19-15)13(22)20-21-14(23)12(16)17/h2-9,12H,1H3,(H,20,22)(H,21,23). The predicted molar refractivity (Wildman–Crippen MR) is 84.4 cm³/mol. The summed E-state index contributed by atoms with van der Waals surface area (Å²) in [5.41, 5.74) is 4.62. The molecule has 2 N–H and O–H groups in total. The number of thioether (sulfide) groups is 1. The van der Waals surface area contributed by atoms with Gasteiger partial charge in [0.15, 0.2) is 5.16 Å². The molecule has 2 amide bonds. The van der Waals surface area contributed by atoms with Crippen LogP contribution in [-0.4, -0.2) is 28.2 Å². The smallest absolute Gasteiger partial charge is 0.267 e. The number of carbonyl (C=O) groups is 2. The van der Waals surface area contributed by atoms with Crippen LogP contribution in [0, 0.1) is 0 Å². The van der Waals surface area contributed by atoms with Crippen molar-refractivity contribution in [3.63, 3.8) is 0 Å². The highest BCUT2D eigenvalue weighted by Crippen LogP contribution is 2.32. The summed E-state index contributed by atoms with van der Waals surface area (Å²) >= 11 is 1.42. The lowest BCUT2D eigenvalue weighted by atomic mass is 10.2. The van der Waals surface area contributed by atoms with Crippen molar-refractivity contribution >= 4 is 23.6 Å². The summed E-state index contributed by atoms with van der Waals surface area (Å²) in [5, 5.41) is 0.593. The minimum Gasteiger partial charge on any atom is -0.267 e. The Kier molecular flexibility index (Phi) is 6.19. The van der Waals surface area contributed by atoms with Gasteiger partial charge in [-0.2, -0.15) is 8.78 Å². The van der Waals surface area contributed by atoms with Crippen LogP contribution in [0.3, 0.4) is 0 Å². The van der Waals surface area contributed by atoms with Crippen LogP contribution in [-0.2, 0) is 4.79 Å². The summed E-state index contributed by atoms with van der Waals surface area (Å²) < 4.78 is 24.0. The summed E-state index contributed by atoms with van der Waals surface area (Å²) in [7, 11) is 0. The molecule has 1 unspecified atom stereocenters. The van der Waals surface area contributed by atoms with Gasteiger partial charge in [-0.3, -0.25) is 20.4 Å². The van der Waals surface area contributed by atoms with Crippen molar-refractivity contribution in [2.75, 3.05) is 0 Å². The first-order valence-corrected chi connectivity index (χ1v) is 7.77. The van der Waals surface area contributed by atoms with Crippen LogP contribution in [0.4, 0.5) is 8.78 Å². The van der Waals surface area contributed by atoms with Gasteiger partial charge >= 0.3 is 12.3 Å². The fourth-order valence-electron chi connectivity index (χ4n) is 1.69. The number of nitrogens with zero attached hydrogens (tertiary/aromatic N) is 2. The van der Waals surface area contributed by atoms with Crippen LogP contribution in [0.2, 0.25) is 0 Å². The third-order valence-electron chi connectivity index (χ3n) is 2.94. The number of amides is 2. The molecule has 1 aromatic heterocycles. The topological polar surface area (TPSA) is 84.0 Å². The minimum absolute atomic E-state index is 0.0429. The number of hydrogen-bond acceptors (Lipinski definition) is 5. The summed E-state index contributed by atoms with van der Waals surface area (Å²) in [4.78, 5) is 30.5. The van der Waals surface area contributed by atoms with E-state index in [1.807, 2.05) is 42.7 Å². The second-order valence-corrected chi connectivity index (χ2v) is 5.98. The third kappa shape index (κ3) is 4.98. The monoisotopic (exact) mass is 352 g/mol. The molecule has 1 aromatic carbocycles. The fourth-order valence-corrected chi connectivity index (χ4v) is 2.53. The maximum Gasteiger partial charge on any atom is 0.317 e. The largest absolute Gasteiger partial charge is 0.317 e. The molecule has 0 aliphatic rings. The van der Waals surface area contributed by atoms with Gasteiger partial charge < -0.3 is 0 Å². The molecule has 0 bridgehead atoms. The molecule has 0 aliphatic heterocycles. The molecule has 2 aromatic rings. The van der Waals surface area contributed by atoms with Crippen molar-refractivity contribution in [2.45, 2.75) is 23.8 Å². The molecule has 1 heterocycles. The van der Waals surface area contributed by atoms with Gasteiger partial charge in [-0.25, -0.2) is 9.97 Å². The molecule has 0 saturated heterocycles. The SMILES string of the molecule is CC(Sc1ncc(C(=O)NNC(=O)C(F)F)cn1)c1ccccc1. The molecule has 0 radical (unpaired) electrons. The summed E-state index contributed by atoms with van der Waals surface area (Å²) in [5.74, 6) is -2.37. The van der Waals surface area contributed by atoms with E-state index in [1.165, 1.54) is 24.2 Å². The van der Waals surface area contributed by atoms with E-state index in [4.69, 9.17) is 0 Å². The number of nitrogens with one attached hydrogen (secondary N) is 2. The van der Waals surface area contributed by atoms with Crippen molar-refractivity contribution in [3.8, 4) is 0 Å². The van der Waals surface area contributed by atoms with Gasteiger partial charge in [-0.05, 0) is 12.5 Å².